The lowest BCUT2D eigenvalue weighted by Gasteiger charge is -2.36. The molecule has 3 aromatic rings. The highest BCUT2D eigenvalue weighted by atomic mass is 19.1. The molecule has 0 radical (unpaired) electrons. The van der Waals surface area contributed by atoms with Gasteiger partial charge in [-0.25, -0.2) is 9.18 Å². The number of halogens is 1. The highest BCUT2D eigenvalue weighted by Crippen LogP contribution is 2.28. The molecular formula is C23H24FN3O3. The average Bonchev–Trinajstić information content (AvgIpc) is 3.08. The van der Waals surface area contributed by atoms with E-state index in [1.807, 2.05) is 31.2 Å². The number of rotatable bonds is 5. The number of carboxylic acid groups (broad SMARTS) is 1. The summed E-state index contributed by atoms with van der Waals surface area (Å²) < 4.78 is 14.9. The summed E-state index contributed by atoms with van der Waals surface area (Å²) >= 11 is 0. The fourth-order valence-corrected chi connectivity index (χ4v) is 4.26. The van der Waals surface area contributed by atoms with Gasteiger partial charge < -0.3 is 19.5 Å². The summed E-state index contributed by atoms with van der Waals surface area (Å²) in [6.07, 6.45) is 0.0612. The van der Waals surface area contributed by atoms with Crippen molar-refractivity contribution in [2.24, 2.45) is 0 Å². The van der Waals surface area contributed by atoms with E-state index in [2.05, 4.69) is 4.90 Å². The highest BCUT2D eigenvalue weighted by Gasteiger charge is 2.27. The van der Waals surface area contributed by atoms with Gasteiger partial charge in [0, 0.05) is 54.9 Å². The first kappa shape index (κ1) is 19.9. The predicted octanol–water partition coefficient (Wildman–Crippen LogP) is 3.39. The lowest BCUT2D eigenvalue weighted by Crippen LogP contribution is -2.49. The Labute approximate surface area is 174 Å². The molecule has 30 heavy (non-hydrogen) atoms. The van der Waals surface area contributed by atoms with E-state index in [1.54, 1.807) is 21.6 Å². The van der Waals surface area contributed by atoms with Gasteiger partial charge in [0.25, 0.3) is 0 Å². The molecule has 7 heteroatoms. The zero-order valence-electron chi connectivity index (χ0n) is 16.8. The van der Waals surface area contributed by atoms with E-state index in [9.17, 15) is 19.1 Å². The van der Waals surface area contributed by atoms with Crippen LogP contribution >= 0.6 is 0 Å². The first-order valence-corrected chi connectivity index (χ1v) is 10.1. The summed E-state index contributed by atoms with van der Waals surface area (Å²) in [5.41, 5.74) is 2.53. The number of anilines is 1. The Balaban J connectivity index is 1.52. The van der Waals surface area contributed by atoms with Crippen LogP contribution in [0.5, 0.6) is 0 Å². The minimum Gasteiger partial charge on any atom is -0.477 e. The number of aromatic carboxylic acids is 1. The van der Waals surface area contributed by atoms with Crippen molar-refractivity contribution in [3.63, 3.8) is 0 Å². The van der Waals surface area contributed by atoms with Crippen LogP contribution in [0.4, 0.5) is 10.1 Å². The number of benzene rings is 2. The lowest BCUT2D eigenvalue weighted by molar-refractivity contribution is -0.130. The third kappa shape index (κ3) is 3.63. The number of para-hydroxylation sites is 1. The van der Waals surface area contributed by atoms with Gasteiger partial charge in [0.05, 0.1) is 6.42 Å². The molecule has 1 fully saturated rings. The Kier molecular flexibility index (Phi) is 5.44. The van der Waals surface area contributed by atoms with Gasteiger partial charge in [0.1, 0.15) is 11.5 Å². The molecule has 0 aliphatic carbocycles. The molecule has 1 amide bonds. The van der Waals surface area contributed by atoms with E-state index in [-0.39, 0.29) is 23.8 Å². The van der Waals surface area contributed by atoms with Crippen LogP contribution in [0.1, 0.15) is 23.0 Å². The van der Waals surface area contributed by atoms with Crippen LogP contribution in [-0.2, 0) is 17.8 Å². The smallest absolute Gasteiger partial charge is 0.352 e. The van der Waals surface area contributed by atoms with Crippen molar-refractivity contribution in [3.05, 3.63) is 65.6 Å². The van der Waals surface area contributed by atoms with Gasteiger partial charge in [-0.3, -0.25) is 4.79 Å². The number of piperazine rings is 1. The number of nitrogens with zero attached hydrogens (tertiary/aromatic N) is 3. The molecule has 0 unspecified atom stereocenters. The molecule has 2 heterocycles. The minimum atomic E-state index is -1.02. The topological polar surface area (TPSA) is 65.8 Å². The number of amides is 1. The van der Waals surface area contributed by atoms with Crippen LogP contribution < -0.4 is 4.90 Å². The normalized spacial score (nSPS) is 14.3. The quantitative estimate of drug-likeness (QED) is 0.702. The average molecular weight is 409 g/mol. The van der Waals surface area contributed by atoms with Crippen LogP contribution in [-0.4, -0.2) is 52.6 Å². The maximum absolute atomic E-state index is 13.1. The summed E-state index contributed by atoms with van der Waals surface area (Å²) in [7, 11) is 0. The fourth-order valence-electron chi connectivity index (χ4n) is 4.26. The second kappa shape index (κ2) is 8.18. The fraction of sp³-hybridized carbons (Fsp3) is 0.304. The zero-order valence-corrected chi connectivity index (χ0v) is 16.8. The number of aromatic nitrogens is 1. The first-order chi connectivity index (χ1) is 14.5. The van der Waals surface area contributed by atoms with Crippen LogP contribution in [0.2, 0.25) is 0 Å². The molecule has 1 aromatic heterocycles. The van der Waals surface area contributed by atoms with Gasteiger partial charge >= 0.3 is 5.97 Å². The van der Waals surface area contributed by atoms with Gasteiger partial charge in [0.15, 0.2) is 0 Å². The lowest BCUT2D eigenvalue weighted by atomic mass is 10.1. The van der Waals surface area contributed by atoms with Gasteiger partial charge in [-0.05, 0) is 37.3 Å². The molecule has 1 aliphatic rings. The number of hydrogen-bond acceptors (Lipinski definition) is 3. The van der Waals surface area contributed by atoms with Crippen molar-refractivity contribution >= 4 is 28.5 Å². The maximum Gasteiger partial charge on any atom is 0.352 e. The van der Waals surface area contributed by atoms with Crippen molar-refractivity contribution in [1.29, 1.82) is 0 Å². The molecule has 4 rings (SSSR count). The molecule has 0 bridgehead atoms. The molecule has 156 valence electrons. The van der Waals surface area contributed by atoms with Crippen LogP contribution in [0.25, 0.3) is 10.9 Å². The molecule has 0 spiro atoms. The van der Waals surface area contributed by atoms with Gasteiger partial charge in [-0.2, -0.15) is 0 Å². The van der Waals surface area contributed by atoms with Gasteiger partial charge in [-0.15, -0.1) is 0 Å². The second-order valence-corrected chi connectivity index (χ2v) is 7.41. The van der Waals surface area contributed by atoms with Crippen LogP contribution in [0.3, 0.4) is 0 Å². The largest absolute Gasteiger partial charge is 0.477 e. The first-order valence-electron chi connectivity index (χ1n) is 10.1. The summed E-state index contributed by atoms with van der Waals surface area (Å²) in [5.74, 6) is -1.36. The monoisotopic (exact) mass is 409 g/mol. The Bertz CT molecular complexity index is 1080. The van der Waals surface area contributed by atoms with E-state index in [0.29, 0.717) is 38.3 Å². The van der Waals surface area contributed by atoms with Crippen LogP contribution in [0.15, 0.2) is 48.5 Å². The van der Waals surface area contributed by atoms with E-state index >= 15 is 0 Å². The van der Waals surface area contributed by atoms with E-state index in [1.165, 1.54) is 12.1 Å². The summed E-state index contributed by atoms with van der Waals surface area (Å²) in [5, 5.41) is 10.6. The van der Waals surface area contributed by atoms with Crippen molar-refractivity contribution in [3.8, 4) is 0 Å². The summed E-state index contributed by atoms with van der Waals surface area (Å²) in [6, 6.07) is 13.9. The SMILES string of the molecule is CCn1c(C(=O)O)c(CC(=O)N2CCN(c3ccc(F)cc3)CC2)c2ccccc21. The Morgan fingerprint density at radius 2 is 1.67 bits per heavy atom. The molecule has 1 saturated heterocycles. The highest BCUT2D eigenvalue weighted by molar-refractivity contribution is 6.00. The number of carbonyl (C=O) groups excluding carboxylic acids is 1. The van der Waals surface area contributed by atoms with Crippen molar-refractivity contribution in [2.75, 3.05) is 31.1 Å². The number of aryl methyl sites for hydroxylation is 1. The molecule has 1 N–H and O–H groups in total. The Morgan fingerprint density at radius 1 is 1.00 bits per heavy atom. The standard InChI is InChI=1S/C23H24FN3O3/c1-2-27-20-6-4-3-5-18(20)19(22(27)23(29)30)15-21(28)26-13-11-25(12-14-26)17-9-7-16(24)8-10-17/h3-10H,2,11-15H2,1H3,(H,29,30). The van der Waals surface area contributed by atoms with E-state index in [0.717, 1.165) is 16.6 Å². The van der Waals surface area contributed by atoms with E-state index < -0.39 is 5.97 Å². The Hall–Kier alpha value is -3.35. The van der Waals surface area contributed by atoms with Crippen LogP contribution in [0, 0.1) is 5.82 Å². The maximum atomic E-state index is 13.1. The molecular weight excluding hydrogens is 385 g/mol. The molecule has 2 aromatic carbocycles. The Morgan fingerprint density at radius 3 is 2.30 bits per heavy atom. The third-order valence-electron chi connectivity index (χ3n) is 5.75. The molecule has 6 nitrogen and oxygen atoms in total. The zero-order chi connectivity index (χ0) is 21.3. The number of hydrogen-bond donors (Lipinski definition) is 1. The summed E-state index contributed by atoms with van der Waals surface area (Å²) in [6.45, 7) is 4.82. The molecule has 0 atom stereocenters. The second-order valence-electron chi connectivity index (χ2n) is 7.41. The van der Waals surface area contributed by atoms with Crippen molar-refractivity contribution in [2.45, 2.75) is 19.9 Å². The molecule has 0 saturated carbocycles. The number of carbonyl (C=O) groups is 2. The van der Waals surface area contributed by atoms with E-state index in [4.69, 9.17) is 0 Å². The predicted molar refractivity (Wildman–Crippen MR) is 113 cm³/mol. The number of carboxylic acids is 1. The minimum absolute atomic E-state index is 0.0612. The van der Waals surface area contributed by atoms with Crippen molar-refractivity contribution in [1.82, 2.24) is 9.47 Å². The van der Waals surface area contributed by atoms with Gasteiger partial charge in [0.2, 0.25) is 5.91 Å². The van der Waals surface area contributed by atoms with Gasteiger partial charge in [-0.1, -0.05) is 18.2 Å². The number of fused-ring (bicyclic) bond motifs is 1. The third-order valence-corrected chi connectivity index (χ3v) is 5.75. The molecule has 1 aliphatic heterocycles. The van der Waals surface area contributed by atoms with Crippen molar-refractivity contribution < 1.29 is 19.1 Å². The summed E-state index contributed by atoms with van der Waals surface area (Å²) in [4.78, 5) is 28.9.